The fourth-order valence-electron chi connectivity index (χ4n) is 3.57. The smallest absolute Gasteiger partial charge is 0.323 e. The number of carbonyl (C=O) groups excluding carboxylic acids is 2. The Hall–Kier alpha value is -3.38. The van der Waals surface area contributed by atoms with E-state index in [9.17, 15) is 14.2 Å². The molecule has 0 saturated heterocycles. The molecule has 3 rings (SSSR count). The molecule has 0 aliphatic rings. The molecule has 0 amide bonds. The van der Waals surface area contributed by atoms with Gasteiger partial charge in [-0.1, -0.05) is 24.3 Å². The Morgan fingerprint density at radius 2 is 1.77 bits per heavy atom. The number of imidazole rings is 1. The van der Waals surface area contributed by atoms with E-state index < -0.39 is 31.6 Å². The van der Waals surface area contributed by atoms with Crippen LogP contribution in [-0.4, -0.2) is 56.1 Å². The van der Waals surface area contributed by atoms with Gasteiger partial charge >= 0.3 is 11.9 Å². The van der Waals surface area contributed by atoms with E-state index in [4.69, 9.17) is 24.5 Å². The van der Waals surface area contributed by atoms with Crippen molar-refractivity contribution < 1.29 is 32.9 Å². The van der Waals surface area contributed by atoms with Crippen LogP contribution in [0, 0.1) is 0 Å². The van der Waals surface area contributed by atoms with Crippen molar-refractivity contribution in [3.05, 3.63) is 48.0 Å². The van der Waals surface area contributed by atoms with Gasteiger partial charge in [-0.25, -0.2) is 20.0 Å². The van der Waals surface area contributed by atoms with Crippen LogP contribution in [-0.2, 0) is 52.6 Å². The summed E-state index contributed by atoms with van der Waals surface area (Å²) in [5.74, 6) is -0.720. The van der Waals surface area contributed by atoms with E-state index in [1.165, 1.54) is 13.3 Å². The maximum atomic E-state index is 13.9. The van der Waals surface area contributed by atoms with Gasteiger partial charge in [-0.3, -0.25) is 14.2 Å². The molecule has 14 heteroatoms. The van der Waals surface area contributed by atoms with Gasteiger partial charge in [0.05, 0.1) is 31.7 Å². The van der Waals surface area contributed by atoms with Crippen molar-refractivity contribution in [1.29, 1.82) is 0 Å². The van der Waals surface area contributed by atoms with Crippen molar-refractivity contribution in [3.63, 3.8) is 0 Å². The molecular formula is C25H35N6O7P. The lowest BCUT2D eigenvalue weighted by Gasteiger charge is -2.25. The maximum absolute atomic E-state index is 13.9. The average molecular weight is 563 g/mol. The number of nitrogen functional groups attached to an aromatic ring is 1. The third-order valence-corrected chi connectivity index (χ3v) is 7.30. The highest BCUT2D eigenvalue weighted by molar-refractivity contribution is 7.56. The minimum atomic E-state index is -3.75. The Labute approximate surface area is 226 Å². The minimum Gasteiger partial charge on any atom is -0.462 e. The number of nitrogens with two attached hydrogens (primary N) is 1. The number of nitrogens with zero attached hydrogens (tertiary/aromatic N) is 4. The highest BCUT2D eigenvalue weighted by Gasteiger charge is 2.31. The molecule has 0 spiro atoms. The van der Waals surface area contributed by atoms with Crippen molar-refractivity contribution in [3.8, 4) is 0 Å². The first-order valence-corrected chi connectivity index (χ1v) is 14.2. The molecule has 0 saturated carbocycles. The summed E-state index contributed by atoms with van der Waals surface area (Å²) in [5.41, 5.74) is 8.26. The first kappa shape index (κ1) is 30.2. The molecular weight excluding hydrogens is 527 g/mol. The fraction of sp³-hybridized carbons (Fsp3) is 0.480. The molecule has 0 unspecified atom stereocenters. The van der Waals surface area contributed by atoms with Gasteiger partial charge in [0.15, 0.2) is 11.5 Å². The number of anilines is 1. The number of esters is 2. The molecule has 0 fully saturated rings. The first-order valence-electron chi connectivity index (χ1n) is 12.4. The van der Waals surface area contributed by atoms with E-state index in [1.807, 2.05) is 0 Å². The van der Waals surface area contributed by atoms with Gasteiger partial charge < -0.3 is 29.0 Å². The lowest BCUT2D eigenvalue weighted by atomic mass is 10.1. The minimum absolute atomic E-state index is 0.0458. The Morgan fingerprint density at radius 3 is 2.44 bits per heavy atom. The molecule has 39 heavy (non-hydrogen) atoms. The predicted molar refractivity (Wildman–Crippen MR) is 143 cm³/mol. The molecule has 3 N–H and O–H groups in total. The van der Waals surface area contributed by atoms with Gasteiger partial charge in [-0.05, 0) is 38.8 Å². The van der Waals surface area contributed by atoms with E-state index in [2.05, 4.69) is 20.0 Å². The molecule has 212 valence electrons. The summed E-state index contributed by atoms with van der Waals surface area (Å²) < 4.78 is 37.8. The van der Waals surface area contributed by atoms with Crippen LogP contribution in [0.15, 0.2) is 36.9 Å². The lowest BCUT2D eigenvalue weighted by Crippen LogP contribution is -2.36. The number of rotatable bonds is 14. The van der Waals surface area contributed by atoms with Crippen LogP contribution in [0.5, 0.6) is 0 Å². The van der Waals surface area contributed by atoms with Gasteiger partial charge in [-0.2, -0.15) is 0 Å². The van der Waals surface area contributed by atoms with Gasteiger partial charge in [0, 0.05) is 6.92 Å². The molecule has 1 aromatic carbocycles. The van der Waals surface area contributed by atoms with Crippen LogP contribution >= 0.6 is 7.52 Å². The van der Waals surface area contributed by atoms with E-state index in [0.717, 1.165) is 0 Å². The number of hydrogen-bond donors (Lipinski definition) is 2. The van der Waals surface area contributed by atoms with Gasteiger partial charge in [0.25, 0.3) is 7.52 Å². The topological polar surface area (TPSA) is 170 Å². The Balaban J connectivity index is 1.72. The van der Waals surface area contributed by atoms with Crippen LogP contribution in [0.25, 0.3) is 11.2 Å². The highest BCUT2D eigenvalue weighted by atomic mass is 31.2. The van der Waals surface area contributed by atoms with E-state index >= 15 is 0 Å². The number of hydrogen-bond acceptors (Lipinski definition) is 11. The van der Waals surface area contributed by atoms with E-state index in [0.29, 0.717) is 28.8 Å². The van der Waals surface area contributed by atoms with E-state index in [1.54, 1.807) is 62.9 Å². The molecule has 3 aromatic rings. The Morgan fingerprint density at radius 1 is 1.08 bits per heavy atom. The third kappa shape index (κ3) is 8.82. The SMILES string of the molecule is CC(=O)OCc1ccccc1CO[P@](=O)(CO[C@H](C)Cn1cnc2c(N)ncnc21)N[C@H](C)C(=O)OC(C)C. The predicted octanol–water partition coefficient (Wildman–Crippen LogP) is 3.17. The normalized spacial score (nSPS) is 14.6. The largest absolute Gasteiger partial charge is 0.462 e. The van der Waals surface area contributed by atoms with Crippen LogP contribution in [0.4, 0.5) is 5.82 Å². The summed E-state index contributed by atoms with van der Waals surface area (Å²) in [6, 6.07) is 6.23. The molecule has 0 bridgehead atoms. The molecule has 2 heterocycles. The van der Waals surface area contributed by atoms with Crippen LogP contribution in [0.3, 0.4) is 0 Å². The standard InChI is InChI=1S/C25H35N6O7P/c1-16(2)38-25(33)18(4)30-39(34,37-12-21-9-7-6-8-20(21)11-35-19(5)32)15-36-17(3)10-31-14-29-22-23(26)27-13-28-24(22)31/h6-9,13-14,16-18H,10-12,15H2,1-5H3,(H,30,34)(H2,26,27,28)/t17-,18-,39-/m1/s1. The van der Waals surface area contributed by atoms with Crippen LogP contribution in [0.2, 0.25) is 0 Å². The summed E-state index contributed by atoms with van der Waals surface area (Å²) in [6.07, 6.45) is 1.82. The van der Waals surface area contributed by atoms with Gasteiger partial charge in [0.2, 0.25) is 0 Å². The van der Waals surface area contributed by atoms with Crippen molar-refractivity contribution in [2.45, 2.75) is 72.6 Å². The summed E-state index contributed by atoms with van der Waals surface area (Å²) in [6.45, 7) is 8.42. The van der Waals surface area contributed by atoms with Gasteiger partial charge in [-0.15, -0.1) is 0 Å². The molecule has 13 nitrogen and oxygen atoms in total. The zero-order chi connectivity index (χ0) is 28.6. The maximum Gasteiger partial charge on any atom is 0.323 e. The van der Waals surface area contributed by atoms with Crippen LogP contribution in [0.1, 0.15) is 45.7 Å². The number of benzene rings is 1. The number of carbonyl (C=O) groups is 2. The van der Waals surface area contributed by atoms with Crippen molar-refractivity contribution in [2.24, 2.45) is 0 Å². The number of ether oxygens (including phenoxy) is 3. The zero-order valence-electron chi connectivity index (χ0n) is 22.7. The monoisotopic (exact) mass is 562 g/mol. The fourth-order valence-corrected chi connectivity index (χ4v) is 5.29. The molecule has 3 atom stereocenters. The number of aromatic nitrogens is 4. The van der Waals surface area contributed by atoms with Crippen molar-refractivity contribution >= 4 is 36.4 Å². The van der Waals surface area contributed by atoms with Crippen molar-refractivity contribution in [2.75, 3.05) is 12.1 Å². The van der Waals surface area contributed by atoms with E-state index in [-0.39, 0.29) is 31.5 Å². The molecule has 2 aromatic heterocycles. The molecule has 0 radical (unpaired) electrons. The highest BCUT2D eigenvalue weighted by Crippen LogP contribution is 2.44. The van der Waals surface area contributed by atoms with Crippen molar-refractivity contribution in [1.82, 2.24) is 24.6 Å². The number of fused-ring (bicyclic) bond motifs is 1. The third-order valence-electron chi connectivity index (χ3n) is 5.49. The zero-order valence-corrected chi connectivity index (χ0v) is 23.6. The number of nitrogens with one attached hydrogen (secondary N) is 1. The average Bonchev–Trinajstić information content (AvgIpc) is 3.29. The molecule has 0 aliphatic carbocycles. The lowest BCUT2D eigenvalue weighted by molar-refractivity contribution is -0.149. The summed E-state index contributed by atoms with van der Waals surface area (Å²) in [4.78, 5) is 36.1. The Bertz CT molecular complexity index is 1330. The summed E-state index contributed by atoms with van der Waals surface area (Å²) >= 11 is 0. The second kappa shape index (κ2) is 13.6. The second-order valence-corrected chi connectivity index (χ2v) is 11.4. The second-order valence-electron chi connectivity index (χ2n) is 9.27. The summed E-state index contributed by atoms with van der Waals surface area (Å²) in [5, 5.41) is 2.78. The van der Waals surface area contributed by atoms with Crippen LogP contribution < -0.4 is 10.8 Å². The molecule has 0 aliphatic heterocycles. The van der Waals surface area contributed by atoms with Gasteiger partial charge in [0.1, 0.15) is 30.8 Å². The quantitative estimate of drug-likeness (QED) is 0.218. The summed E-state index contributed by atoms with van der Waals surface area (Å²) in [7, 11) is -3.75. The first-order chi connectivity index (χ1) is 18.5. The Kier molecular flexibility index (Phi) is 10.5.